The highest BCUT2D eigenvalue weighted by atomic mass is 127. The predicted molar refractivity (Wildman–Crippen MR) is 76.7 cm³/mol. The Labute approximate surface area is 117 Å². The number of para-hydroxylation sites is 1. The smallest absolute Gasteiger partial charge is 0.139 e. The molecule has 0 saturated carbocycles. The van der Waals surface area contributed by atoms with E-state index in [1.807, 2.05) is 30.3 Å². The molecular formula is C13H9F2IN2. The van der Waals surface area contributed by atoms with Crippen LogP contribution in [0.3, 0.4) is 0 Å². The van der Waals surface area contributed by atoms with Crippen molar-refractivity contribution in [3.63, 3.8) is 0 Å². The maximum Gasteiger partial charge on any atom is 0.139 e. The quantitative estimate of drug-likeness (QED) is 0.381. The molecule has 1 N–H and O–H groups in total. The van der Waals surface area contributed by atoms with Crippen LogP contribution in [0, 0.1) is 15.2 Å². The summed E-state index contributed by atoms with van der Waals surface area (Å²) in [6, 6.07) is 11.5. The predicted octanol–water partition coefficient (Wildman–Crippen LogP) is 4.02. The summed E-state index contributed by atoms with van der Waals surface area (Å²) in [7, 11) is 0. The zero-order chi connectivity index (χ0) is 13.0. The van der Waals surface area contributed by atoms with Crippen LogP contribution in [-0.4, -0.2) is 6.21 Å². The van der Waals surface area contributed by atoms with Gasteiger partial charge in [0.15, 0.2) is 0 Å². The van der Waals surface area contributed by atoms with Crippen LogP contribution in [0.5, 0.6) is 0 Å². The molecule has 5 heteroatoms. The summed E-state index contributed by atoms with van der Waals surface area (Å²) >= 11 is 1.81. The summed E-state index contributed by atoms with van der Waals surface area (Å²) in [5, 5.41) is 3.90. The van der Waals surface area contributed by atoms with Crippen molar-refractivity contribution < 1.29 is 8.78 Å². The number of anilines is 1. The lowest BCUT2D eigenvalue weighted by Gasteiger charge is -2.01. The van der Waals surface area contributed by atoms with E-state index in [0.29, 0.717) is 3.57 Å². The van der Waals surface area contributed by atoms with E-state index in [4.69, 9.17) is 0 Å². The number of halogens is 3. The molecule has 0 heterocycles. The van der Waals surface area contributed by atoms with Gasteiger partial charge in [0.05, 0.1) is 11.9 Å². The van der Waals surface area contributed by atoms with Gasteiger partial charge >= 0.3 is 0 Å². The normalized spacial score (nSPS) is 10.8. The highest BCUT2D eigenvalue weighted by Gasteiger charge is 2.05. The minimum absolute atomic E-state index is 0.240. The monoisotopic (exact) mass is 358 g/mol. The number of nitrogens with zero attached hydrogens (tertiary/aromatic N) is 1. The largest absolute Gasteiger partial charge is 0.279 e. The van der Waals surface area contributed by atoms with Crippen LogP contribution in [0.4, 0.5) is 14.5 Å². The topological polar surface area (TPSA) is 24.4 Å². The van der Waals surface area contributed by atoms with E-state index in [0.717, 1.165) is 11.8 Å². The van der Waals surface area contributed by atoms with E-state index < -0.39 is 11.6 Å². The molecule has 0 radical (unpaired) electrons. The van der Waals surface area contributed by atoms with Gasteiger partial charge in [-0.1, -0.05) is 18.2 Å². The number of hydrazone groups is 1. The molecule has 0 amide bonds. The van der Waals surface area contributed by atoms with E-state index in [1.54, 1.807) is 22.6 Å². The molecule has 0 atom stereocenters. The average Bonchev–Trinajstić information content (AvgIpc) is 2.37. The van der Waals surface area contributed by atoms with Gasteiger partial charge in [0.25, 0.3) is 0 Å². The third-order valence-electron chi connectivity index (χ3n) is 2.21. The second-order valence-corrected chi connectivity index (χ2v) is 4.69. The highest BCUT2D eigenvalue weighted by molar-refractivity contribution is 14.1. The zero-order valence-corrected chi connectivity index (χ0v) is 11.4. The van der Waals surface area contributed by atoms with Gasteiger partial charge in [-0.05, 0) is 40.8 Å². The Morgan fingerprint density at radius 2 is 1.78 bits per heavy atom. The van der Waals surface area contributed by atoms with E-state index >= 15 is 0 Å². The summed E-state index contributed by atoms with van der Waals surface area (Å²) in [6.45, 7) is 0. The lowest BCUT2D eigenvalue weighted by molar-refractivity contribution is 0.577. The van der Waals surface area contributed by atoms with Crippen molar-refractivity contribution in [1.82, 2.24) is 0 Å². The molecule has 0 unspecified atom stereocenters. The maximum atomic E-state index is 13.4. The summed E-state index contributed by atoms with van der Waals surface area (Å²) < 4.78 is 26.8. The highest BCUT2D eigenvalue weighted by Crippen LogP contribution is 2.15. The van der Waals surface area contributed by atoms with Gasteiger partial charge < -0.3 is 0 Å². The molecular weight excluding hydrogens is 349 g/mol. The molecule has 2 aromatic carbocycles. The van der Waals surface area contributed by atoms with Gasteiger partial charge in [-0.3, -0.25) is 5.43 Å². The van der Waals surface area contributed by atoms with Crippen LogP contribution in [0.15, 0.2) is 47.6 Å². The third kappa shape index (κ3) is 3.25. The van der Waals surface area contributed by atoms with Gasteiger partial charge in [-0.2, -0.15) is 5.10 Å². The van der Waals surface area contributed by atoms with E-state index in [2.05, 4.69) is 10.5 Å². The first-order chi connectivity index (χ1) is 8.66. The molecule has 18 heavy (non-hydrogen) atoms. The zero-order valence-electron chi connectivity index (χ0n) is 9.20. The first-order valence-corrected chi connectivity index (χ1v) is 6.23. The van der Waals surface area contributed by atoms with Crippen molar-refractivity contribution >= 4 is 34.5 Å². The van der Waals surface area contributed by atoms with Crippen LogP contribution in [-0.2, 0) is 0 Å². The molecule has 2 rings (SSSR count). The Morgan fingerprint density at radius 1 is 1.06 bits per heavy atom. The Hall–Kier alpha value is -1.50. The SMILES string of the molecule is Fc1cc(F)c(C=NNc2ccccc2)cc1I. The maximum absolute atomic E-state index is 13.4. The number of hydrogen-bond acceptors (Lipinski definition) is 2. The van der Waals surface area contributed by atoms with Crippen molar-refractivity contribution in [2.45, 2.75) is 0 Å². The van der Waals surface area contributed by atoms with Crippen molar-refractivity contribution in [2.24, 2.45) is 5.10 Å². The van der Waals surface area contributed by atoms with Gasteiger partial charge in [-0.25, -0.2) is 8.78 Å². The summed E-state index contributed by atoms with van der Waals surface area (Å²) in [6.07, 6.45) is 1.32. The van der Waals surface area contributed by atoms with Crippen molar-refractivity contribution in [1.29, 1.82) is 0 Å². The summed E-state index contributed by atoms with van der Waals surface area (Å²) in [5.74, 6) is -1.20. The van der Waals surface area contributed by atoms with Gasteiger partial charge in [0.2, 0.25) is 0 Å². The molecule has 0 bridgehead atoms. The molecule has 2 aromatic rings. The van der Waals surface area contributed by atoms with Crippen molar-refractivity contribution in [2.75, 3.05) is 5.43 Å². The van der Waals surface area contributed by atoms with Gasteiger partial charge in [0.1, 0.15) is 11.6 Å². The second-order valence-electron chi connectivity index (χ2n) is 3.52. The van der Waals surface area contributed by atoms with Gasteiger partial charge in [0, 0.05) is 15.2 Å². The second kappa shape index (κ2) is 5.90. The molecule has 0 spiro atoms. The standard InChI is InChI=1S/C13H9F2IN2/c14-11-7-12(15)13(16)6-9(11)8-17-18-10-4-2-1-3-5-10/h1-8,18H. The van der Waals surface area contributed by atoms with Crippen LogP contribution >= 0.6 is 22.6 Å². The molecule has 0 fully saturated rings. The number of rotatable bonds is 3. The van der Waals surface area contributed by atoms with Crippen molar-refractivity contribution in [3.8, 4) is 0 Å². The first kappa shape index (κ1) is 12.9. The van der Waals surface area contributed by atoms with E-state index in [9.17, 15) is 8.78 Å². The van der Waals surface area contributed by atoms with Crippen LogP contribution in [0.25, 0.3) is 0 Å². The Morgan fingerprint density at radius 3 is 2.50 bits per heavy atom. The fourth-order valence-electron chi connectivity index (χ4n) is 1.33. The first-order valence-electron chi connectivity index (χ1n) is 5.15. The summed E-state index contributed by atoms with van der Waals surface area (Å²) in [4.78, 5) is 0. The van der Waals surface area contributed by atoms with E-state index in [-0.39, 0.29) is 5.56 Å². The van der Waals surface area contributed by atoms with Crippen LogP contribution in [0.1, 0.15) is 5.56 Å². The molecule has 92 valence electrons. The molecule has 0 aliphatic carbocycles. The molecule has 0 aliphatic heterocycles. The fraction of sp³-hybridized carbons (Fsp3) is 0. The van der Waals surface area contributed by atoms with Crippen LogP contribution in [0.2, 0.25) is 0 Å². The molecule has 0 saturated heterocycles. The third-order valence-corrected chi connectivity index (χ3v) is 3.04. The lowest BCUT2D eigenvalue weighted by Crippen LogP contribution is -1.95. The Kier molecular flexibility index (Phi) is 4.24. The molecule has 0 aromatic heterocycles. The average molecular weight is 358 g/mol. The number of nitrogens with one attached hydrogen (secondary N) is 1. The van der Waals surface area contributed by atoms with Gasteiger partial charge in [-0.15, -0.1) is 0 Å². The lowest BCUT2D eigenvalue weighted by atomic mass is 10.2. The Balaban J connectivity index is 2.12. The summed E-state index contributed by atoms with van der Waals surface area (Å²) in [5.41, 5.74) is 3.80. The Bertz CT molecular complexity index is 571. The number of hydrogen-bond donors (Lipinski definition) is 1. The number of benzene rings is 2. The fourth-order valence-corrected chi connectivity index (χ4v) is 1.82. The van der Waals surface area contributed by atoms with E-state index in [1.165, 1.54) is 12.3 Å². The van der Waals surface area contributed by atoms with Crippen molar-refractivity contribution in [3.05, 3.63) is 63.2 Å². The molecule has 0 aliphatic rings. The minimum Gasteiger partial charge on any atom is -0.279 e. The minimum atomic E-state index is -0.633. The molecule has 2 nitrogen and oxygen atoms in total. The van der Waals surface area contributed by atoms with Crippen LogP contribution < -0.4 is 5.43 Å².